The second kappa shape index (κ2) is 10.3. The molecule has 0 spiro atoms. The summed E-state index contributed by atoms with van der Waals surface area (Å²) >= 11 is 12.0. The van der Waals surface area contributed by atoms with Gasteiger partial charge in [-0.3, -0.25) is 4.79 Å². The molecule has 1 aromatic heterocycles. The molecule has 0 aliphatic carbocycles. The second-order valence-electron chi connectivity index (χ2n) is 6.09. The average molecular weight is 469 g/mol. The van der Waals surface area contributed by atoms with Crippen molar-refractivity contribution in [1.82, 2.24) is 0 Å². The van der Waals surface area contributed by atoms with Crippen LogP contribution in [0.4, 0.5) is 8.78 Å². The fourth-order valence-electron chi connectivity index (χ4n) is 2.57. The third kappa shape index (κ3) is 5.99. The van der Waals surface area contributed by atoms with E-state index in [2.05, 4.69) is 4.74 Å². The van der Waals surface area contributed by atoms with Gasteiger partial charge in [0.1, 0.15) is 28.9 Å². The van der Waals surface area contributed by atoms with Gasteiger partial charge in [0, 0.05) is 5.56 Å². The summed E-state index contributed by atoms with van der Waals surface area (Å²) in [7, 11) is 1.29. The first-order valence-electron chi connectivity index (χ1n) is 8.88. The van der Waals surface area contributed by atoms with Crippen molar-refractivity contribution >= 4 is 35.1 Å². The smallest absolute Gasteiger partial charge is 0.387 e. The van der Waals surface area contributed by atoms with Gasteiger partial charge in [-0.25, -0.2) is 0 Å². The molecule has 0 radical (unpaired) electrons. The number of allylic oxidation sites excluding steroid dienone is 1. The maximum absolute atomic E-state index is 12.4. The van der Waals surface area contributed by atoms with E-state index in [-0.39, 0.29) is 29.5 Å². The largest absolute Gasteiger partial charge is 0.493 e. The molecule has 31 heavy (non-hydrogen) atoms. The zero-order valence-corrected chi connectivity index (χ0v) is 17.6. The molecule has 0 N–H and O–H groups in total. The molecule has 1 heterocycles. The van der Waals surface area contributed by atoms with E-state index >= 15 is 0 Å². The molecule has 2 aromatic carbocycles. The van der Waals surface area contributed by atoms with Gasteiger partial charge >= 0.3 is 6.61 Å². The summed E-state index contributed by atoms with van der Waals surface area (Å²) in [5.74, 6) is 0.852. The van der Waals surface area contributed by atoms with Crippen LogP contribution in [-0.2, 0) is 6.61 Å². The minimum absolute atomic E-state index is 0.0247. The number of alkyl halides is 2. The first kappa shape index (κ1) is 22.7. The zero-order valence-electron chi connectivity index (χ0n) is 16.1. The highest BCUT2D eigenvalue weighted by Gasteiger charge is 2.13. The minimum atomic E-state index is -3.00. The Kier molecular flexibility index (Phi) is 7.55. The van der Waals surface area contributed by atoms with E-state index in [1.165, 1.54) is 37.5 Å². The Morgan fingerprint density at radius 1 is 1.10 bits per heavy atom. The highest BCUT2D eigenvalue weighted by Crippen LogP contribution is 2.32. The predicted molar refractivity (Wildman–Crippen MR) is 112 cm³/mol. The third-order valence-electron chi connectivity index (χ3n) is 4.03. The monoisotopic (exact) mass is 468 g/mol. The molecule has 0 saturated carbocycles. The molecule has 162 valence electrons. The zero-order chi connectivity index (χ0) is 22.4. The standard InChI is InChI=1S/C22H16Cl2F2O5/c1-28-20-11-13(5-10-18(20)31-22(25)26)17(27)9-8-14-6-7-15(30-14)12-29-19-4-2-3-16(23)21(19)24/h2-11,22H,12H2,1H3/b9-8+. The topological polar surface area (TPSA) is 57.9 Å². The number of methoxy groups -OCH3 is 1. The highest BCUT2D eigenvalue weighted by molar-refractivity contribution is 6.42. The van der Waals surface area contributed by atoms with Crippen LogP contribution in [0.1, 0.15) is 21.9 Å². The van der Waals surface area contributed by atoms with Crippen LogP contribution in [0, 0.1) is 0 Å². The molecule has 0 aliphatic heterocycles. The Bertz CT molecular complexity index is 1100. The van der Waals surface area contributed by atoms with Gasteiger partial charge in [-0.15, -0.1) is 0 Å². The van der Waals surface area contributed by atoms with Gasteiger partial charge in [0.15, 0.2) is 17.3 Å². The molecule has 3 rings (SSSR count). The van der Waals surface area contributed by atoms with E-state index in [0.29, 0.717) is 27.3 Å². The summed E-state index contributed by atoms with van der Waals surface area (Å²) in [6, 6.07) is 12.3. The quantitative estimate of drug-likeness (QED) is 0.259. The normalized spacial score (nSPS) is 11.2. The second-order valence-corrected chi connectivity index (χ2v) is 6.87. The maximum Gasteiger partial charge on any atom is 0.387 e. The highest BCUT2D eigenvalue weighted by atomic mass is 35.5. The van der Waals surface area contributed by atoms with Crippen LogP contribution in [0.25, 0.3) is 6.08 Å². The van der Waals surface area contributed by atoms with Crippen molar-refractivity contribution < 1.29 is 32.2 Å². The molecule has 3 aromatic rings. The van der Waals surface area contributed by atoms with E-state index in [0.717, 1.165) is 0 Å². The lowest BCUT2D eigenvalue weighted by Gasteiger charge is -2.10. The fraction of sp³-hybridized carbons (Fsp3) is 0.136. The van der Waals surface area contributed by atoms with Gasteiger partial charge in [-0.1, -0.05) is 29.3 Å². The van der Waals surface area contributed by atoms with Gasteiger partial charge in [0.25, 0.3) is 0 Å². The number of benzene rings is 2. The third-order valence-corrected chi connectivity index (χ3v) is 4.83. The molecular formula is C22H16Cl2F2O5. The van der Waals surface area contributed by atoms with Crippen molar-refractivity contribution in [2.75, 3.05) is 7.11 Å². The van der Waals surface area contributed by atoms with Crippen LogP contribution < -0.4 is 14.2 Å². The van der Waals surface area contributed by atoms with Crippen molar-refractivity contribution in [1.29, 1.82) is 0 Å². The number of hydrogen-bond donors (Lipinski definition) is 0. The molecule has 0 amide bonds. The van der Waals surface area contributed by atoms with E-state index in [9.17, 15) is 13.6 Å². The molecule has 0 aliphatic rings. The number of ether oxygens (including phenoxy) is 3. The lowest BCUT2D eigenvalue weighted by Crippen LogP contribution is -2.04. The Hall–Kier alpha value is -3.03. The van der Waals surface area contributed by atoms with Gasteiger partial charge < -0.3 is 18.6 Å². The van der Waals surface area contributed by atoms with Gasteiger partial charge in [-0.2, -0.15) is 8.78 Å². The van der Waals surface area contributed by atoms with Crippen LogP contribution in [0.15, 0.2) is 59.0 Å². The number of ketones is 1. The number of carbonyl (C=O) groups excluding carboxylic acids is 1. The molecule has 0 atom stereocenters. The molecule has 0 fully saturated rings. The van der Waals surface area contributed by atoms with E-state index in [4.69, 9.17) is 37.1 Å². The van der Waals surface area contributed by atoms with E-state index < -0.39 is 6.61 Å². The Morgan fingerprint density at radius 2 is 1.90 bits per heavy atom. The number of rotatable bonds is 9. The summed E-state index contributed by atoms with van der Waals surface area (Å²) in [6.45, 7) is -2.88. The van der Waals surface area contributed by atoms with Gasteiger partial charge in [0.05, 0.1) is 12.1 Å². The Labute approximate surface area is 186 Å². The van der Waals surface area contributed by atoms with Crippen molar-refractivity contribution in [2.45, 2.75) is 13.2 Å². The van der Waals surface area contributed by atoms with E-state index in [1.54, 1.807) is 30.3 Å². The number of furan rings is 1. The lowest BCUT2D eigenvalue weighted by molar-refractivity contribution is -0.0512. The SMILES string of the molecule is COc1cc(C(=O)/C=C/c2ccc(COc3cccc(Cl)c3Cl)o2)ccc1OC(F)F. The van der Waals surface area contributed by atoms with Crippen LogP contribution in [0.3, 0.4) is 0 Å². The average Bonchev–Trinajstić information content (AvgIpc) is 3.21. The van der Waals surface area contributed by atoms with Crippen molar-refractivity contribution in [3.63, 3.8) is 0 Å². The number of carbonyl (C=O) groups is 1. The summed E-state index contributed by atoms with van der Waals surface area (Å²) in [5.41, 5.74) is 0.237. The number of halogens is 4. The number of hydrogen-bond acceptors (Lipinski definition) is 5. The lowest BCUT2D eigenvalue weighted by atomic mass is 10.1. The fourth-order valence-corrected chi connectivity index (χ4v) is 2.92. The van der Waals surface area contributed by atoms with Crippen LogP contribution in [-0.4, -0.2) is 19.5 Å². The van der Waals surface area contributed by atoms with Crippen LogP contribution in [0.2, 0.25) is 10.0 Å². The van der Waals surface area contributed by atoms with Crippen LogP contribution in [0.5, 0.6) is 17.2 Å². The summed E-state index contributed by atoms with van der Waals surface area (Å²) in [4.78, 5) is 12.4. The summed E-state index contributed by atoms with van der Waals surface area (Å²) < 4.78 is 45.4. The Balaban J connectivity index is 1.64. The molecule has 9 heteroatoms. The molecule has 0 bridgehead atoms. The van der Waals surface area contributed by atoms with Crippen molar-refractivity contribution in [2.24, 2.45) is 0 Å². The van der Waals surface area contributed by atoms with Crippen LogP contribution >= 0.6 is 23.2 Å². The van der Waals surface area contributed by atoms with E-state index in [1.807, 2.05) is 0 Å². The minimum Gasteiger partial charge on any atom is -0.493 e. The Morgan fingerprint density at radius 3 is 2.65 bits per heavy atom. The van der Waals surface area contributed by atoms with Gasteiger partial charge in [-0.05, 0) is 54.6 Å². The molecule has 5 nitrogen and oxygen atoms in total. The maximum atomic E-state index is 12.4. The first-order chi connectivity index (χ1) is 14.9. The predicted octanol–water partition coefficient (Wildman–Crippen LogP) is 6.67. The summed E-state index contributed by atoms with van der Waals surface area (Å²) in [6.07, 6.45) is 2.77. The van der Waals surface area contributed by atoms with Crippen molar-refractivity contribution in [3.8, 4) is 17.2 Å². The molecular weight excluding hydrogens is 453 g/mol. The molecule has 0 unspecified atom stereocenters. The summed E-state index contributed by atoms with van der Waals surface area (Å²) in [5, 5.41) is 0.688. The molecule has 0 saturated heterocycles. The first-order valence-corrected chi connectivity index (χ1v) is 9.63. The van der Waals surface area contributed by atoms with Gasteiger partial charge in [0.2, 0.25) is 0 Å². The van der Waals surface area contributed by atoms with Crippen molar-refractivity contribution in [3.05, 3.63) is 81.7 Å².